The first-order valence-electron chi connectivity index (χ1n) is 8.78. The van der Waals surface area contributed by atoms with E-state index in [2.05, 4.69) is 10.6 Å². The van der Waals surface area contributed by atoms with Crippen molar-refractivity contribution >= 4 is 11.8 Å². The Kier molecular flexibility index (Phi) is 5.77. The van der Waals surface area contributed by atoms with Crippen molar-refractivity contribution in [2.45, 2.75) is 26.4 Å². The topological polar surface area (TPSA) is 76.7 Å². The van der Waals surface area contributed by atoms with E-state index in [9.17, 15) is 18.4 Å². The molecule has 0 fully saturated rings. The van der Waals surface area contributed by atoms with Gasteiger partial charge < -0.3 is 20.1 Å². The minimum Gasteiger partial charge on any atom is -0.454 e. The number of hydrogen-bond donors (Lipinski definition) is 2. The van der Waals surface area contributed by atoms with Crippen molar-refractivity contribution in [2.75, 3.05) is 6.79 Å². The van der Waals surface area contributed by atoms with Gasteiger partial charge in [0.15, 0.2) is 11.5 Å². The Hall–Kier alpha value is -3.16. The Bertz CT molecular complexity index is 882. The number of rotatable bonds is 6. The maximum absolute atomic E-state index is 13.8. The molecule has 2 N–H and O–H groups in total. The highest BCUT2D eigenvalue weighted by molar-refractivity contribution is 5.98. The molecule has 8 heteroatoms. The molecule has 2 amide bonds. The fourth-order valence-electron chi connectivity index (χ4n) is 2.81. The number of nitrogens with one attached hydrogen (secondary N) is 2. The van der Waals surface area contributed by atoms with Crippen LogP contribution in [0.15, 0.2) is 36.4 Å². The van der Waals surface area contributed by atoms with Crippen LogP contribution in [-0.2, 0) is 11.3 Å². The number of amides is 2. The molecule has 0 aromatic heterocycles. The zero-order valence-corrected chi connectivity index (χ0v) is 15.4. The Balaban J connectivity index is 1.66. The quantitative estimate of drug-likeness (QED) is 0.795. The van der Waals surface area contributed by atoms with Gasteiger partial charge in [0.1, 0.15) is 23.2 Å². The van der Waals surface area contributed by atoms with Crippen molar-refractivity contribution < 1.29 is 27.8 Å². The molecule has 0 bridgehead atoms. The first-order chi connectivity index (χ1) is 13.4. The summed E-state index contributed by atoms with van der Waals surface area (Å²) in [6.07, 6.45) is 0. The van der Waals surface area contributed by atoms with Crippen LogP contribution in [-0.4, -0.2) is 24.6 Å². The van der Waals surface area contributed by atoms with Gasteiger partial charge in [-0.05, 0) is 35.7 Å². The first-order valence-corrected chi connectivity index (χ1v) is 8.78. The van der Waals surface area contributed by atoms with E-state index in [1.54, 1.807) is 32.0 Å². The number of hydrogen-bond acceptors (Lipinski definition) is 4. The standard InChI is InChI=1S/C20H20F2N2O4/c1-11(2)18(24-19(25)17-13(21)4-3-5-14(17)22)20(26)23-9-12-6-7-15-16(8-12)28-10-27-15/h3-8,11,18H,9-10H2,1-2H3,(H,23,26)(H,24,25). The van der Waals surface area contributed by atoms with Crippen molar-refractivity contribution in [3.63, 3.8) is 0 Å². The molecule has 0 saturated heterocycles. The highest BCUT2D eigenvalue weighted by Gasteiger charge is 2.27. The molecular formula is C20H20F2N2O4. The normalized spacial score (nSPS) is 13.3. The lowest BCUT2D eigenvalue weighted by Gasteiger charge is -2.22. The monoisotopic (exact) mass is 390 g/mol. The molecule has 2 aromatic rings. The Morgan fingerprint density at radius 1 is 1.07 bits per heavy atom. The molecule has 148 valence electrons. The SMILES string of the molecule is CC(C)C(NC(=O)c1c(F)cccc1F)C(=O)NCc1ccc2c(c1)OCO2. The highest BCUT2D eigenvalue weighted by Crippen LogP contribution is 2.32. The molecule has 1 aliphatic heterocycles. The van der Waals surface area contributed by atoms with E-state index >= 15 is 0 Å². The second-order valence-corrected chi connectivity index (χ2v) is 6.70. The van der Waals surface area contributed by atoms with Gasteiger partial charge in [0.2, 0.25) is 12.7 Å². The molecular weight excluding hydrogens is 370 g/mol. The number of ether oxygens (including phenoxy) is 2. The third-order valence-corrected chi connectivity index (χ3v) is 4.33. The largest absolute Gasteiger partial charge is 0.454 e. The summed E-state index contributed by atoms with van der Waals surface area (Å²) >= 11 is 0. The zero-order valence-electron chi connectivity index (χ0n) is 15.4. The first kappa shape index (κ1) is 19.6. The van der Waals surface area contributed by atoms with E-state index in [-0.39, 0.29) is 19.3 Å². The van der Waals surface area contributed by atoms with Crippen molar-refractivity contribution in [3.8, 4) is 11.5 Å². The van der Waals surface area contributed by atoms with Crippen molar-refractivity contribution in [2.24, 2.45) is 5.92 Å². The van der Waals surface area contributed by atoms with E-state index in [0.717, 1.165) is 17.7 Å². The lowest BCUT2D eigenvalue weighted by molar-refractivity contribution is -0.124. The molecule has 0 aliphatic carbocycles. The van der Waals surface area contributed by atoms with Crippen LogP contribution in [0.25, 0.3) is 0 Å². The molecule has 3 rings (SSSR count). The highest BCUT2D eigenvalue weighted by atomic mass is 19.1. The van der Waals surface area contributed by atoms with E-state index < -0.39 is 35.1 Å². The van der Waals surface area contributed by atoms with Crippen LogP contribution in [0.4, 0.5) is 8.78 Å². The van der Waals surface area contributed by atoms with Gasteiger partial charge in [0, 0.05) is 6.54 Å². The molecule has 28 heavy (non-hydrogen) atoms. The van der Waals surface area contributed by atoms with Crippen LogP contribution in [0, 0.1) is 17.6 Å². The number of carbonyl (C=O) groups excluding carboxylic acids is 2. The Labute approximate surface area is 160 Å². The van der Waals surface area contributed by atoms with Crippen LogP contribution in [0.1, 0.15) is 29.8 Å². The number of halogens is 2. The summed E-state index contributed by atoms with van der Waals surface area (Å²) in [4.78, 5) is 24.9. The summed E-state index contributed by atoms with van der Waals surface area (Å²) in [6.45, 7) is 3.80. The predicted molar refractivity (Wildman–Crippen MR) is 96.9 cm³/mol. The minimum absolute atomic E-state index is 0.152. The van der Waals surface area contributed by atoms with Gasteiger partial charge in [-0.15, -0.1) is 0 Å². The van der Waals surface area contributed by atoms with Crippen LogP contribution in [0.3, 0.4) is 0 Å². The van der Waals surface area contributed by atoms with Gasteiger partial charge >= 0.3 is 0 Å². The molecule has 0 radical (unpaired) electrons. The Morgan fingerprint density at radius 3 is 2.43 bits per heavy atom. The van der Waals surface area contributed by atoms with Crippen molar-refractivity contribution in [1.82, 2.24) is 10.6 Å². The van der Waals surface area contributed by atoms with Gasteiger partial charge in [-0.3, -0.25) is 9.59 Å². The molecule has 0 saturated carbocycles. The van der Waals surface area contributed by atoms with E-state index in [4.69, 9.17) is 9.47 Å². The maximum atomic E-state index is 13.8. The average molecular weight is 390 g/mol. The van der Waals surface area contributed by atoms with E-state index in [0.29, 0.717) is 11.5 Å². The summed E-state index contributed by atoms with van der Waals surface area (Å²) in [5.74, 6) is -2.48. The lowest BCUT2D eigenvalue weighted by atomic mass is 10.0. The minimum atomic E-state index is -0.985. The van der Waals surface area contributed by atoms with Gasteiger partial charge in [0.25, 0.3) is 5.91 Å². The molecule has 0 spiro atoms. The molecule has 1 unspecified atom stereocenters. The van der Waals surface area contributed by atoms with Crippen molar-refractivity contribution in [3.05, 3.63) is 59.2 Å². The molecule has 1 atom stereocenters. The third kappa shape index (κ3) is 4.21. The number of benzene rings is 2. The van der Waals surface area contributed by atoms with Crippen LogP contribution < -0.4 is 20.1 Å². The summed E-state index contributed by atoms with van der Waals surface area (Å²) in [6, 6.07) is 7.46. The second-order valence-electron chi connectivity index (χ2n) is 6.70. The summed E-state index contributed by atoms with van der Waals surface area (Å²) in [7, 11) is 0. The Morgan fingerprint density at radius 2 is 1.75 bits per heavy atom. The maximum Gasteiger partial charge on any atom is 0.257 e. The third-order valence-electron chi connectivity index (χ3n) is 4.33. The smallest absolute Gasteiger partial charge is 0.257 e. The molecule has 1 heterocycles. The number of carbonyl (C=O) groups is 2. The summed E-state index contributed by atoms with van der Waals surface area (Å²) in [5.41, 5.74) is 0.0725. The second kappa shape index (κ2) is 8.24. The van der Waals surface area contributed by atoms with Gasteiger partial charge in [0.05, 0.1) is 0 Å². The van der Waals surface area contributed by atoms with Crippen LogP contribution >= 0.6 is 0 Å². The molecule has 1 aliphatic rings. The fraction of sp³-hybridized carbons (Fsp3) is 0.300. The van der Waals surface area contributed by atoms with Gasteiger partial charge in [-0.2, -0.15) is 0 Å². The average Bonchev–Trinajstić information content (AvgIpc) is 3.11. The van der Waals surface area contributed by atoms with Gasteiger partial charge in [-0.1, -0.05) is 26.0 Å². The van der Waals surface area contributed by atoms with Gasteiger partial charge in [-0.25, -0.2) is 8.78 Å². The van der Waals surface area contributed by atoms with Crippen LogP contribution in [0.5, 0.6) is 11.5 Å². The van der Waals surface area contributed by atoms with Crippen LogP contribution in [0.2, 0.25) is 0 Å². The predicted octanol–water partition coefficient (Wildman–Crippen LogP) is 2.76. The summed E-state index contributed by atoms with van der Waals surface area (Å²) < 4.78 is 38.1. The van der Waals surface area contributed by atoms with Crippen molar-refractivity contribution in [1.29, 1.82) is 0 Å². The number of fused-ring (bicyclic) bond motifs is 1. The van der Waals surface area contributed by atoms with E-state index in [1.807, 2.05) is 0 Å². The molecule has 6 nitrogen and oxygen atoms in total. The zero-order chi connectivity index (χ0) is 20.3. The fourth-order valence-corrected chi connectivity index (χ4v) is 2.81. The molecule has 2 aromatic carbocycles. The summed E-state index contributed by atoms with van der Waals surface area (Å²) in [5, 5.41) is 5.14. The lowest BCUT2D eigenvalue weighted by Crippen LogP contribution is -2.49. The van der Waals surface area contributed by atoms with E-state index in [1.165, 1.54) is 6.07 Å².